The number of nitrogens with one attached hydrogen (secondary N) is 1. The number of methoxy groups -OCH3 is 1. The Labute approximate surface area is 199 Å². The highest BCUT2D eigenvalue weighted by Crippen LogP contribution is 2.31. The summed E-state index contributed by atoms with van der Waals surface area (Å²) in [6.07, 6.45) is 0.717. The van der Waals surface area contributed by atoms with Crippen molar-refractivity contribution in [1.82, 2.24) is 9.97 Å². The maximum Gasteiger partial charge on any atom is 0.259 e. The average molecular weight is 459 g/mol. The fourth-order valence-corrected chi connectivity index (χ4v) is 4.14. The normalized spacial score (nSPS) is 13.0. The Bertz CT molecular complexity index is 1290. The van der Waals surface area contributed by atoms with Gasteiger partial charge in [-0.1, -0.05) is 61.5 Å². The van der Waals surface area contributed by atoms with Gasteiger partial charge in [0.05, 0.1) is 29.2 Å². The van der Waals surface area contributed by atoms with Gasteiger partial charge in [-0.3, -0.25) is 4.79 Å². The third-order valence-corrected chi connectivity index (χ3v) is 5.85. The van der Waals surface area contributed by atoms with Crippen molar-refractivity contribution < 1.29 is 14.6 Å². The number of para-hydroxylation sites is 2. The number of aryl methyl sites for hydroxylation is 1. The van der Waals surface area contributed by atoms with Crippen LogP contribution in [0.4, 0.5) is 0 Å². The molecule has 0 spiro atoms. The van der Waals surface area contributed by atoms with Gasteiger partial charge >= 0.3 is 0 Å². The third kappa shape index (κ3) is 5.19. The largest absolute Gasteiger partial charge is 0.493 e. The molecule has 0 bridgehead atoms. The summed E-state index contributed by atoms with van der Waals surface area (Å²) in [6.45, 7) is 2.61. The molecule has 6 nitrogen and oxygen atoms in total. The fourth-order valence-electron chi connectivity index (χ4n) is 4.14. The minimum atomic E-state index is -0.763. The van der Waals surface area contributed by atoms with E-state index < -0.39 is 12.2 Å². The Morgan fingerprint density at radius 3 is 2.53 bits per heavy atom. The van der Waals surface area contributed by atoms with Gasteiger partial charge in [0.2, 0.25) is 0 Å². The topological polar surface area (TPSA) is 84.4 Å². The molecule has 1 heterocycles. The van der Waals surface area contributed by atoms with Gasteiger partial charge < -0.3 is 19.6 Å². The second-order valence-electron chi connectivity index (χ2n) is 8.25. The lowest BCUT2D eigenvalue weighted by molar-refractivity contribution is -0.0163. The zero-order chi connectivity index (χ0) is 23.9. The van der Waals surface area contributed by atoms with Gasteiger partial charge in [0.15, 0.2) is 0 Å². The smallest absolute Gasteiger partial charge is 0.259 e. The molecule has 0 saturated heterocycles. The second kappa shape index (κ2) is 11.1. The first-order chi connectivity index (χ1) is 16.6. The summed E-state index contributed by atoms with van der Waals surface area (Å²) < 4.78 is 11.6. The molecular weight excluding hydrogens is 428 g/mol. The lowest BCUT2D eigenvalue weighted by Gasteiger charge is -2.23. The highest BCUT2D eigenvalue weighted by Gasteiger charge is 2.24. The molecule has 2 N–H and O–H groups in total. The van der Waals surface area contributed by atoms with Gasteiger partial charge in [0.1, 0.15) is 17.7 Å². The molecule has 4 rings (SSSR count). The van der Waals surface area contributed by atoms with Crippen molar-refractivity contribution in [2.45, 2.75) is 38.4 Å². The summed E-state index contributed by atoms with van der Waals surface area (Å²) in [5.74, 6) is 1.08. The third-order valence-electron chi connectivity index (χ3n) is 5.85. The first-order valence-corrected chi connectivity index (χ1v) is 11.6. The Kier molecular flexibility index (Phi) is 7.72. The number of aliphatic hydroxyl groups excluding tert-OH is 1. The molecule has 0 aliphatic heterocycles. The van der Waals surface area contributed by atoms with Crippen molar-refractivity contribution in [1.29, 1.82) is 0 Å². The molecule has 2 atom stereocenters. The van der Waals surface area contributed by atoms with E-state index in [0.29, 0.717) is 53.1 Å². The number of rotatable bonds is 10. The Morgan fingerprint density at radius 1 is 1.00 bits per heavy atom. The molecule has 0 fully saturated rings. The Hall–Kier alpha value is -3.48. The standard InChI is InChI=1S/C28H30N2O4/c1-3-18-34-24-15-8-7-12-20(24)27-29-25-21(13-9-14-22(25)28(32)30-27)26(33-2)23(31)17-16-19-10-5-4-6-11-19/h4-15,23,26,31H,3,16-18H2,1-2H3,(H,29,30,32). The van der Waals surface area contributed by atoms with E-state index in [2.05, 4.69) is 4.98 Å². The highest BCUT2D eigenvalue weighted by atomic mass is 16.5. The SMILES string of the molecule is CCCOc1ccccc1-c1nc2c(C(OC)C(O)CCc3ccccc3)cccc2c(=O)[nH]1. The van der Waals surface area contributed by atoms with Crippen molar-refractivity contribution in [3.8, 4) is 17.1 Å². The molecule has 1 aromatic heterocycles. The van der Waals surface area contributed by atoms with Crippen molar-refractivity contribution >= 4 is 10.9 Å². The monoisotopic (exact) mass is 458 g/mol. The zero-order valence-corrected chi connectivity index (χ0v) is 19.5. The van der Waals surface area contributed by atoms with Gasteiger partial charge in [-0.05, 0) is 43.0 Å². The molecule has 3 aromatic carbocycles. The lowest BCUT2D eigenvalue weighted by Crippen LogP contribution is -2.22. The maximum absolute atomic E-state index is 13.0. The summed E-state index contributed by atoms with van der Waals surface area (Å²) in [5, 5.41) is 11.5. The van der Waals surface area contributed by atoms with Gasteiger partial charge in [-0.2, -0.15) is 0 Å². The minimum Gasteiger partial charge on any atom is -0.493 e. The number of aliphatic hydroxyl groups is 1. The molecule has 0 amide bonds. The molecule has 2 unspecified atom stereocenters. The molecule has 0 aliphatic rings. The van der Waals surface area contributed by atoms with E-state index >= 15 is 0 Å². The van der Waals surface area contributed by atoms with Crippen LogP contribution in [0.1, 0.15) is 37.0 Å². The number of fused-ring (bicyclic) bond motifs is 1. The van der Waals surface area contributed by atoms with Crippen LogP contribution >= 0.6 is 0 Å². The molecule has 0 saturated carbocycles. The number of ether oxygens (including phenoxy) is 2. The van der Waals surface area contributed by atoms with E-state index in [9.17, 15) is 9.90 Å². The first kappa shape index (κ1) is 23.7. The number of nitrogens with zero attached hydrogens (tertiary/aromatic N) is 1. The molecule has 34 heavy (non-hydrogen) atoms. The van der Waals surface area contributed by atoms with Crippen LogP contribution in [0.2, 0.25) is 0 Å². The quantitative estimate of drug-likeness (QED) is 0.347. The van der Waals surface area contributed by atoms with Gasteiger partial charge in [-0.15, -0.1) is 0 Å². The van der Waals surface area contributed by atoms with Crippen molar-refractivity contribution in [3.05, 3.63) is 94.3 Å². The maximum atomic E-state index is 13.0. The number of aromatic amines is 1. The van der Waals surface area contributed by atoms with Crippen molar-refractivity contribution in [3.63, 3.8) is 0 Å². The Morgan fingerprint density at radius 2 is 1.76 bits per heavy atom. The predicted molar refractivity (Wildman–Crippen MR) is 134 cm³/mol. The van der Waals surface area contributed by atoms with Crippen LogP contribution in [0.15, 0.2) is 77.6 Å². The predicted octanol–water partition coefficient (Wildman–Crippen LogP) is 5.06. The molecule has 6 heteroatoms. The van der Waals surface area contributed by atoms with Crippen LogP contribution in [0, 0.1) is 0 Å². The van der Waals surface area contributed by atoms with Crippen molar-refractivity contribution in [2.24, 2.45) is 0 Å². The van der Waals surface area contributed by atoms with Crippen LogP contribution < -0.4 is 10.3 Å². The molecular formula is C28H30N2O4. The van der Waals surface area contributed by atoms with E-state index in [-0.39, 0.29) is 5.56 Å². The summed E-state index contributed by atoms with van der Waals surface area (Å²) in [5.41, 5.74) is 2.80. The summed E-state index contributed by atoms with van der Waals surface area (Å²) in [7, 11) is 1.57. The number of H-pyrrole nitrogens is 1. The average Bonchev–Trinajstić information content (AvgIpc) is 2.87. The van der Waals surface area contributed by atoms with Crippen LogP contribution in [-0.4, -0.2) is 34.9 Å². The number of hydrogen-bond acceptors (Lipinski definition) is 5. The number of hydrogen-bond donors (Lipinski definition) is 2. The van der Waals surface area contributed by atoms with E-state index in [1.54, 1.807) is 19.2 Å². The zero-order valence-electron chi connectivity index (χ0n) is 19.5. The van der Waals surface area contributed by atoms with Gasteiger partial charge in [-0.25, -0.2) is 4.98 Å². The second-order valence-corrected chi connectivity index (χ2v) is 8.25. The summed E-state index contributed by atoms with van der Waals surface area (Å²) in [6, 6.07) is 22.9. The fraction of sp³-hybridized carbons (Fsp3) is 0.286. The van der Waals surface area contributed by atoms with Crippen LogP contribution in [0.3, 0.4) is 0 Å². The van der Waals surface area contributed by atoms with Gasteiger partial charge in [0.25, 0.3) is 5.56 Å². The molecule has 0 radical (unpaired) electrons. The van der Waals surface area contributed by atoms with Crippen molar-refractivity contribution in [2.75, 3.05) is 13.7 Å². The lowest BCUT2D eigenvalue weighted by atomic mass is 9.96. The van der Waals surface area contributed by atoms with E-state index in [4.69, 9.17) is 14.5 Å². The van der Waals surface area contributed by atoms with Crippen LogP contribution in [-0.2, 0) is 11.2 Å². The van der Waals surface area contributed by atoms with E-state index in [1.807, 2.05) is 67.6 Å². The van der Waals surface area contributed by atoms with E-state index in [0.717, 1.165) is 12.0 Å². The molecule has 0 aliphatic carbocycles. The van der Waals surface area contributed by atoms with Crippen LogP contribution in [0.25, 0.3) is 22.3 Å². The first-order valence-electron chi connectivity index (χ1n) is 11.6. The Balaban J connectivity index is 1.72. The number of benzene rings is 3. The summed E-state index contributed by atoms with van der Waals surface area (Å²) in [4.78, 5) is 20.7. The van der Waals surface area contributed by atoms with E-state index in [1.165, 1.54) is 0 Å². The minimum absolute atomic E-state index is 0.249. The van der Waals surface area contributed by atoms with Gasteiger partial charge in [0, 0.05) is 12.7 Å². The number of aromatic nitrogens is 2. The molecule has 4 aromatic rings. The van der Waals surface area contributed by atoms with Crippen LogP contribution in [0.5, 0.6) is 5.75 Å². The highest BCUT2D eigenvalue weighted by molar-refractivity contribution is 5.83. The molecule has 176 valence electrons. The summed E-state index contributed by atoms with van der Waals surface area (Å²) >= 11 is 0.